The number of nitrogens with one attached hydrogen (secondary N) is 2. The summed E-state index contributed by atoms with van der Waals surface area (Å²) in [5, 5.41) is 12.5. The van der Waals surface area contributed by atoms with Crippen LogP contribution in [-0.4, -0.2) is 17.1 Å². The number of aromatic amines is 1. The number of methoxy groups -OCH3 is 1. The number of ether oxygens (including phenoxy) is 1. The third-order valence-corrected chi connectivity index (χ3v) is 4.10. The Hall–Kier alpha value is -3.59. The maximum atomic E-state index is 12.3. The number of anilines is 1. The Morgan fingerprint density at radius 1 is 1.19 bits per heavy atom. The van der Waals surface area contributed by atoms with Crippen molar-refractivity contribution in [3.63, 3.8) is 0 Å². The molecule has 26 heavy (non-hydrogen) atoms. The Morgan fingerprint density at radius 3 is 2.58 bits per heavy atom. The molecule has 1 heterocycles. The largest absolute Gasteiger partial charge is 0.497 e. The van der Waals surface area contributed by atoms with Gasteiger partial charge in [0.1, 0.15) is 17.4 Å². The second-order valence-electron chi connectivity index (χ2n) is 5.76. The topological polar surface area (TPSA) is 90.8 Å². The number of nitriles is 1. The number of aryl methyl sites for hydroxylation is 1. The molecule has 2 aromatic carbocycles. The van der Waals surface area contributed by atoms with E-state index in [-0.39, 0.29) is 5.56 Å². The van der Waals surface area contributed by atoms with Gasteiger partial charge in [-0.2, -0.15) is 5.26 Å². The lowest BCUT2D eigenvalue weighted by Gasteiger charge is -2.10. The van der Waals surface area contributed by atoms with Crippen molar-refractivity contribution in [1.82, 2.24) is 9.97 Å². The van der Waals surface area contributed by atoms with Crippen LogP contribution >= 0.6 is 0 Å². The van der Waals surface area contributed by atoms with Gasteiger partial charge in [-0.3, -0.25) is 9.78 Å². The van der Waals surface area contributed by atoms with Crippen molar-refractivity contribution in [1.29, 1.82) is 5.26 Å². The van der Waals surface area contributed by atoms with Crippen molar-refractivity contribution >= 4 is 5.95 Å². The molecule has 3 rings (SSSR count). The van der Waals surface area contributed by atoms with Crippen LogP contribution in [0.25, 0.3) is 11.3 Å². The van der Waals surface area contributed by atoms with Gasteiger partial charge < -0.3 is 10.1 Å². The van der Waals surface area contributed by atoms with Crippen LogP contribution in [-0.2, 0) is 6.54 Å². The van der Waals surface area contributed by atoms with Gasteiger partial charge in [-0.25, -0.2) is 4.98 Å². The maximum Gasteiger partial charge on any atom is 0.270 e. The first-order valence-electron chi connectivity index (χ1n) is 8.09. The minimum Gasteiger partial charge on any atom is -0.497 e. The van der Waals surface area contributed by atoms with E-state index in [2.05, 4.69) is 15.3 Å². The molecule has 0 amide bonds. The molecule has 0 aliphatic carbocycles. The maximum absolute atomic E-state index is 12.3. The van der Waals surface area contributed by atoms with E-state index >= 15 is 0 Å². The molecule has 2 N–H and O–H groups in total. The van der Waals surface area contributed by atoms with Gasteiger partial charge in [-0.1, -0.05) is 24.3 Å². The van der Waals surface area contributed by atoms with Crippen molar-refractivity contribution in [2.24, 2.45) is 0 Å². The molecule has 6 nitrogen and oxygen atoms in total. The second kappa shape index (κ2) is 7.53. The minimum atomic E-state index is -0.472. The zero-order chi connectivity index (χ0) is 18.5. The third-order valence-electron chi connectivity index (χ3n) is 4.10. The summed E-state index contributed by atoms with van der Waals surface area (Å²) >= 11 is 0. The minimum absolute atomic E-state index is 0.0170. The summed E-state index contributed by atoms with van der Waals surface area (Å²) in [5.74, 6) is 1.01. The molecule has 6 heteroatoms. The van der Waals surface area contributed by atoms with Crippen LogP contribution in [0.4, 0.5) is 5.95 Å². The SMILES string of the molecule is COc1ccc(-c2nc(NCc3ccccc3C)[nH]c(=O)c2C#N)cc1. The van der Waals surface area contributed by atoms with Crippen molar-refractivity contribution in [2.75, 3.05) is 12.4 Å². The third kappa shape index (κ3) is 3.57. The average molecular weight is 346 g/mol. The molecule has 0 unspecified atom stereocenters. The van der Waals surface area contributed by atoms with Gasteiger partial charge in [-0.05, 0) is 42.3 Å². The van der Waals surface area contributed by atoms with Gasteiger partial charge in [0.25, 0.3) is 5.56 Å². The van der Waals surface area contributed by atoms with Crippen LogP contribution in [0.15, 0.2) is 53.3 Å². The van der Waals surface area contributed by atoms with Crippen molar-refractivity contribution in [3.8, 4) is 23.1 Å². The molecule has 0 saturated carbocycles. The quantitative estimate of drug-likeness (QED) is 0.740. The Labute approximate surface area is 151 Å². The van der Waals surface area contributed by atoms with Crippen molar-refractivity contribution < 1.29 is 4.74 Å². The van der Waals surface area contributed by atoms with Crippen LogP contribution in [0.5, 0.6) is 5.75 Å². The van der Waals surface area contributed by atoms with Crippen LogP contribution < -0.4 is 15.6 Å². The fourth-order valence-electron chi connectivity index (χ4n) is 2.61. The molecule has 1 aromatic heterocycles. The first kappa shape index (κ1) is 17.2. The molecule has 130 valence electrons. The van der Waals surface area contributed by atoms with Gasteiger partial charge >= 0.3 is 0 Å². The summed E-state index contributed by atoms with van der Waals surface area (Å²) in [4.78, 5) is 19.4. The van der Waals surface area contributed by atoms with Gasteiger partial charge in [0.05, 0.1) is 12.8 Å². The highest BCUT2D eigenvalue weighted by Gasteiger charge is 2.13. The fraction of sp³-hybridized carbons (Fsp3) is 0.150. The lowest BCUT2D eigenvalue weighted by Crippen LogP contribution is -2.17. The lowest BCUT2D eigenvalue weighted by atomic mass is 10.1. The standard InChI is InChI=1S/C20H18N4O2/c1-13-5-3-4-6-15(13)12-22-20-23-18(17(11-21)19(25)24-20)14-7-9-16(26-2)10-8-14/h3-10H,12H2,1-2H3,(H2,22,23,24,25). The Bertz CT molecular complexity index is 1020. The van der Waals surface area contributed by atoms with Crippen LogP contribution in [0.3, 0.4) is 0 Å². The number of rotatable bonds is 5. The van der Waals surface area contributed by atoms with E-state index in [0.717, 1.165) is 11.1 Å². The highest BCUT2D eigenvalue weighted by Crippen LogP contribution is 2.23. The molecule has 0 atom stereocenters. The van der Waals surface area contributed by atoms with Crippen molar-refractivity contribution in [3.05, 3.63) is 75.6 Å². The monoisotopic (exact) mass is 346 g/mol. The zero-order valence-electron chi connectivity index (χ0n) is 14.5. The van der Waals surface area contributed by atoms with Crippen molar-refractivity contribution in [2.45, 2.75) is 13.5 Å². The number of nitrogens with zero attached hydrogens (tertiary/aromatic N) is 2. The van der Waals surface area contributed by atoms with E-state index in [1.807, 2.05) is 37.3 Å². The fourth-order valence-corrected chi connectivity index (χ4v) is 2.61. The molecule has 0 saturated heterocycles. The Morgan fingerprint density at radius 2 is 1.92 bits per heavy atom. The van der Waals surface area contributed by atoms with E-state index in [9.17, 15) is 10.1 Å². The normalized spacial score (nSPS) is 10.2. The smallest absolute Gasteiger partial charge is 0.270 e. The van der Waals surface area contributed by atoms with E-state index < -0.39 is 5.56 Å². The molecule has 0 radical (unpaired) electrons. The van der Waals surface area contributed by atoms with Crippen LogP contribution in [0.2, 0.25) is 0 Å². The molecule has 0 bridgehead atoms. The van der Waals surface area contributed by atoms with Gasteiger partial charge in [0.15, 0.2) is 0 Å². The Balaban J connectivity index is 1.95. The predicted molar refractivity (Wildman–Crippen MR) is 100 cm³/mol. The van der Waals surface area contributed by atoms with E-state index in [1.54, 1.807) is 31.4 Å². The summed E-state index contributed by atoms with van der Waals surface area (Å²) in [7, 11) is 1.58. The van der Waals surface area contributed by atoms with E-state index in [4.69, 9.17) is 4.74 Å². The predicted octanol–water partition coefficient (Wildman–Crippen LogP) is 3.24. The van der Waals surface area contributed by atoms with E-state index in [1.165, 1.54) is 0 Å². The van der Waals surface area contributed by atoms with Crippen LogP contribution in [0, 0.1) is 18.3 Å². The zero-order valence-corrected chi connectivity index (χ0v) is 14.5. The van der Waals surface area contributed by atoms with Gasteiger partial charge in [-0.15, -0.1) is 0 Å². The summed E-state index contributed by atoms with van der Waals surface area (Å²) in [6.45, 7) is 2.54. The average Bonchev–Trinajstić information content (AvgIpc) is 2.67. The second-order valence-corrected chi connectivity index (χ2v) is 5.76. The highest BCUT2D eigenvalue weighted by molar-refractivity contribution is 5.67. The number of H-pyrrole nitrogens is 1. The summed E-state index contributed by atoms with van der Waals surface area (Å²) in [5.41, 5.74) is 2.77. The summed E-state index contributed by atoms with van der Waals surface area (Å²) in [6.07, 6.45) is 0. The van der Waals surface area contributed by atoms with Crippen LogP contribution in [0.1, 0.15) is 16.7 Å². The molecular formula is C20H18N4O2. The van der Waals surface area contributed by atoms with Gasteiger partial charge in [0.2, 0.25) is 5.95 Å². The molecular weight excluding hydrogens is 328 g/mol. The Kier molecular flexibility index (Phi) is 4.99. The summed E-state index contributed by atoms with van der Waals surface area (Å²) in [6, 6.07) is 17.0. The number of hydrogen-bond acceptors (Lipinski definition) is 5. The lowest BCUT2D eigenvalue weighted by molar-refractivity contribution is 0.415. The molecule has 0 aliphatic heterocycles. The van der Waals surface area contributed by atoms with E-state index in [0.29, 0.717) is 29.5 Å². The summed E-state index contributed by atoms with van der Waals surface area (Å²) < 4.78 is 5.14. The number of hydrogen-bond donors (Lipinski definition) is 2. The molecule has 0 spiro atoms. The first-order valence-corrected chi connectivity index (χ1v) is 8.09. The van der Waals surface area contributed by atoms with Gasteiger partial charge in [0, 0.05) is 12.1 Å². The molecule has 3 aromatic rings. The molecule has 0 fully saturated rings. The first-order chi connectivity index (χ1) is 12.6. The number of aromatic nitrogens is 2. The highest BCUT2D eigenvalue weighted by atomic mass is 16.5. The molecule has 0 aliphatic rings. The number of benzene rings is 2.